The normalized spacial score (nSPS) is 15.2. The van der Waals surface area contributed by atoms with Gasteiger partial charge < -0.3 is 14.8 Å². The third kappa shape index (κ3) is 2.49. The van der Waals surface area contributed by atoms with Crippen LogP contribution in [-0.2, 0) is 0 Å². The maximum Gasteiger partial charge on any atom is 0.235 e. The number of aryl methyl sites for hydroxylation is 1. The molecule has 120 valence electrons. The van der Waals surface area contributed by atoms with Gasteiger partial charge in [0.2, 0.25) is 5.88 Å². The van der Waals surface area contributed by atoms with E-state index >= 15 is 0 Å². The molecule has 2 heterocycles. The number of hydrogen-bond donors (Lipinski definition) is 2. The summed E-state index contributed by atoms with van der Waals surface area (Å²) in [7, 11) is 0. The number of fused-ring (bicyclic) bond motifs is 1. The zero-order valence-electron chi connectivity index (χ0n) is 13.2. The molecule has 0 bridgehead atoms. The largest absolute Gasteiger partial charge is 0.473 e. The van der Waals surface area contributed by atoms with Crippen molar-refractivity contribution in [2.75, 3.05) is 6.61 Å². The lowest BCUT2D eigenvalue weighted by atomic mass is 10.1. The molecule has 0 unspecified atom stereocenters. The van der Waals surface area contributed by atoms with Crippen LogP contribution < -0.4 is 4.74 Å². The minimum atomic E-state index is -0.683. The third-order valence-electron chi connectivity index (χ3n) is 4.32. The second kappa shape index (κ2) is 5.32. The van der Waals surface area contributed by atoms with Gasteiger partial charge in [0.25, 0.3) is 0 Å². The van der Waals surface area contributed by atoms with Gasteiger partial charge in [-0.25, -0.2) is 9.97 Å². The Morgan fingerprint density at radius 2 is 2.25 bits per heavy atom. The second-order valence-corrected chi connectivity index (χ2v) is 6.20. The van der Waals surface area contributed by atoms with Gasteiger partial charge in [0, 0.05) is 17.1 Å². The number of rotatable bonds is 4. The molecule has 2 aromatic heterocycles. The molecule has 0 radical (unpaired) electrons. The fourth-order valence-electron chi connectivity index (χ4n) is 2.69. The number of ether oxygens (including phenoxy) is 1. The highest BCUT2D eigenvalue weighted by atomic mass is 16.5. The number of aliphatic hydroxyl groups is 1. The highest BCUT2D eigenvalue weighted by molar-refractivity contribution is 5.97. The summed E-state index contributed by atoms with van der Waals surface area (Å²) in [4.78, 5) is 12.0. The topological polar surface area (TPSA) is 94.8 Å². The quantitative estimate of drug-likeness (QED) is 0.770. The third-order valence-corrected chi connectivity index (χ3v) is 4.32. The first-order valence-electron chi connectivity index (χ1n) is 7.79. The minimum absolute atomic E-state index is 0.250. The monoisotopic (exact) mass is 320 g/mol. The zero-order chi connectivity index (χ0) is 16.7. The van der Waals surface area contributed by atoms with Gasteiger partial charge in [-0.15, -0.1) is 0 Å². The van der Waals surface area contributed by atoms with E-state index in [1.807, 2.05) is 25.3 Å². The molecule has 3 aromatic rings. The number of nitrogens with one attached hydrogen (secondary N) is 1. The average Bonchev–Trinajstić information content (AvgIpc) is 3.17. The van der Waals surface area contributed by atoms with Crippen LogP contribution in [0.15, 0.2) is 30.6 Å². The molecule has 4 rings (SSSR count). The highest BCUT2D eigenvalue weighted by Crippen LogP contribution is 2.35. The summed E-state index contributed by atoms with van der Waals surface area (Å²) in [6, 6.07) is 7.76. The van der Waals surface area contributed by atoms with Crippen LogP contribution in [0, 0.1) is 18.3 Å². The first-order chi connectivity index (χ1) is 11.6. The molecule has 0 saturated heterocycles. The molecule has 0 atom stereocenters. The lowest BCUT2D eigenvalue weighted by Gasteiger charge is -2.11. The van der Waals surface area contributed by atoms with Crippen molar-refractivity contribution in [3.63, 3.8) is 0 Å². The van der Waals surface area contributed by atoms with Gasteiger partial charge in [-0.1, -0.05) is 12.1 Å². The van der Waals surface area contributed by atoms with E-state index in [0.29, 0.717) is 22.8 Å². The Hall–Kier alpha value is -2.91. The van der Waals surface area contributed by atoms with Gasteiger partial charge in [-0.2, -0.15) is 5.26 Å². The smallest absolute Gasteiger partial charge is 0.235 e. The SMILES string of the molecule is Cc1nc(-c2c[nH]c3c(C#N)cccc23)cnc1OCC1(O)CC1. The average molecular weight is 320 g/mol. The van der Waals surface area contributed by atoms with Crippen molar-refractivity contribution in [2.24, 2.45) is 0 Å². The first kappa shape index (κ1) is 14.7. The van der Waals surface area contributed by atoms with Crippen LogP contribution in [0.1, 0.15) is 24.1 Å². The molecular weight excluding hydrogens is 304 g/mol. The van der Waals surface area contributed by atoms with E-state index in [9.17, 15) is 10.4 Å². The number of benzene rings is 1. The van der Waals surface area contributed by atoms with Crippen LogP contribution in [0.4, 0.5) is 0 Å². The molecule has 1 aromatic carbocycles. The van der Waals surface area contributed by atoms with Crippen LogP contribution >= 0.6 is 0 Å². The Kier molecular flexibility index (Phi) is 3.25. The van der Waals surface area contributed by atoms with Crippen LogP contribution in [-0.4, -0.2) is 32.3 Å². The second-order valence-electron chi connectivity index (χ2n) is 6.20. The van der Waals surface area contributed by atoms with Crippen molar-refractivity contribution in [1.82, 2.24) is 15.0 Å². The number of H-pyrrole nitrogens is 1. The lowest BCUT2D eigenvalue weighted by Crippen LogP contribution is -2.19. The Balaban J connectivity index is 1.67. The van der Waals surface area contributed by atoms with Crippen LogP contribution in [0.25, 0.3) is 22.2 Å². The van der Waals surface area contributed by atoms with Crippen molar-refractivity contribution in [1.29, 1.82) is 5.26 Å². The number of para-hydroxylation sites is 1. The van der Waals surface area contributed by atoms with Crippen LogP contribution in [0.2, 0.25) is 0 Å². The Morgan fingerprint density at radius 1 is 1.42 bits per heavy atom. The van der Waals surface area contributed by atoms with Crippen LogP contribution in [0.5, 0.6) is 5.88 Å². The van der Waals surface area contributed by atoms with E-state index in [-0.39, 0.29) is 6.61 Å². The molecule has 1 aliphatic carbocycles. The maximum atomic E-state index is 9.85. The van der Waals surface area contributed by atoms with Gasteiger partial charge in [0.05, 0.1) is 28.6 Å². The van der Waals surface area contributed by atoms with Crippen molar-refractivity contribution in [2.45, 2.75) is 25.4 Å². The molecule has 0 amide bonds. The Bertz CT molecular complexity index is 967. The van der Waals surface area contributed by atoms with Crippen molar-refractivity contribution < 1.29 is 9.84 Å². The highest BCUT2D eigenvalue weighted by Gasteiger charge is 2.41. The lowest BCUT2D eigenvalue weighted by molar-refractivity contribution is 0.0827. The number of aromatic nitrogens is 3. The maximum absolute atomic E-state index is 9.85. The number of aromatic amines is 1. The molecule has 1 aliphatic rings. The van der Waals surface area contributed by atoms with Gasteiger partial charge in [0.1, 0.15) is 18.4 Å². The molecule has 6 heteroatoms. The molecule has 1 saturated carbocycles. The van der Waals surface area contributed by atoms with E-state index in [4.69, 9.17) is 4.74 Å². The summed E-state index contributed by atoms with van der Waals surface area (Å²) < 4.78 is 5.59. The molecule has 2 N–H and O–H groups in total. The van der Waals surface area contributed by atoms with E-state index in [1.54, 1.807) is 12.3 Å². The number of nitrogens with zero attached hydrogens (tertiary/aromatic N) is 3. The van der Waals surface area contributed by atoms with E-state index in [2.05, 4.69) is 21.0 Å². The summed E-state index contributed by atoms with van der Waals surface area (Å²) in [5.41, 5.74) is 2.99. The predicted octanol–water partition coefficient (Wildman–Crippen LogP) is 2.71. The number of nitriles is 1. The van der Waals surface area contributed by atoms with Gasteiger partial charge in [-0.3, -0.25) is 0 Å². The first-order valence-corrected chi connectivity index (χ1v) is 7.79. The fourth-order valence-corrected chi connectivity index (χ4v) is 2.69. The molecule has 6 nitrogen and oxygen atoms in total. The van der Waals surface area contributed by atoms with E-state index in [1.165, 1.54) is 0 Å². The molecule has 0 aliphatic heterocycles. The minimum Gasteiger partial charge on any atom is -0.473 e. The van der Waals surface area contributed by atoms with E-state index < -0.39 is 5.60 Å². The Labute approximate surface area is 138 Å². The number of hydrogen-bond acceptors (Lipinski definition) is 5. The summed E-state index contributed by atoms with van der Waals surface area (Å²) in [6.07, 6.45) is 5.03. The molecule has 0 spiro atoms. The van der Waals surface area contributed by atoms with Gasteiger partial charge >= 0.3 is 0 Å². The zero-order valence-corrected chi connectivity index (χ0v) is 13.2. The molecule has 24 heavy (non-hydrogen) atoms. The summed E-state index contributed by atoms with van der Waals surface area (Å²) in [6.45, 7) is 2.08. The van der Waals surface area contributed by atoms with Crippen molar-refractivity contribution in [3.8, 4) is 23.2 Å². The molecule has 1 fully saturated rings. The predicted molar refractivity (Wildman–Crippen MR) is 88.5 cm³/mol. The summed E-state index contributed by atoms with van der Waals surface area (Å²) >= 11 is 0. The Morgan fingerprint density at radius 3 is 2.96 bits per heavy atom. The van der Waals surface area contributed by atoms with E-state index in [0.717, 1.165) is 29.3 Å². The van der Waals surface area contributed by atoms with Crippen LogP contribution in [0.3, 0.4) is 0 Å². The standard InChI is InChI=1S/C18H16N4O2/c1-11-17(24-10-18(23)5-6-18)21-9-15(22-11)14-8-20-16-12(7-19)3-2-4-13(14)16/h2-4,8-9,20,23H,5-6,10H2,1H3. The molecular formula is C18H16N4O2. The fraction of sp³-hybridized carbons (Fsp3) is 0.278. The van der Waals surface area contributed by atoms with Crippen molar-refractivity contribution >= 4 is 10.9 Å². The van der Waals surface area contributed by atoms with Gasteiger partial charge in [0.15, 0.2) is 0 Å². The summed E-state index contributed by atoms with van der Waals surface area (Å²) in [5.74, 6) is 0.441. The van der Waals surface area contributed by atoms with Gasteiger partial charge in [-0.05, 0) is 25.8 Å². The van der Waals surface area contributed by atoms with Crippen molar-refractivity contribution in [3.05, 3.63) is 41.9 Å². The summed E-state index contributed by atoms with van der Waals surface area (Å²) in [5, 5.41) is 20.0.